The van der Waals surface area contributed by atoms with Crippen LogP contribution in [0.25, 0.3) is 0 Å². The van der Waals surface area contributed by atoms with E-state index in [4.69, 9.17) is 11.6 Å². The van der Waals surface area contributed by atoms with E-state index in [-0.39, 0.29) is 17.5 Å². The molecule has 0 spiro atoms. The summed E-state index contributed by atoms with van der Waals surface area (Å²) in [7, 11) is 0. The minimum absolute atomic E-state index is 0.00509. The quantitative estimate of drug-likeness (QED) is 0.739. The summed E-state index contributed by atoms with van der Waals surface area (Å²) in [6, 6.07) is 0. The smallest absolute Gasteiger partial charge is 0.182 e. The predicted octanol–water partition coefficient (Wildman–Crippen LogP) is 2.68. The predicted molar refractivity (Wildman–Crippen MR) is 39.0 cm³/mol. The first kappa shape index (κ1) is 7.37. The average Bonchev–Trinajstić information content (AvgIpc) is 2.13. The number of nitrogens with zero attached hydrogens (tertiary/aromatic N) is 2. The van der Waals surface area contributed by atoms with Gasteiger partial charge in [-0.3, -0.25) is 0 Å². The Hall–Kier alpha value is 0.260. The van der Waals surface area contributed by atoms with Gasteiger partial charge in [-0.25, -0.2) is 0 Å². The molecule has 2 nitrogen and oxygen atoms in total. The van der Waals surface area contributed by atoms with E-state index in [9.17, 15) is 3.89 Å². The van der Waals surface area contributed by atoms with Crippen LogP contribution in [0.5, 0.6) is 0 Å². The lowest BCUT2D eigenvalue weighted by atomic mass is 10.8. The van der Waals surface area contributed by atoms with Crippen molar-refractivity contribution in [3.8, 4) is 0 Å². The summed E-state index contributed by atoms with van der Waals surface area (Å²) >= 11 is 8.51. The van der Waals surface area contributed by atoms with E-state index in [1.54, 1.807) is 0 Å². The van der Waals surface area contributed by atoms with Gasteiger partial charge >= 0.3 is 0 Å². The number of halogens is 3. The van der Waals surface area contributed by atoms with Crippen LogP contribution in [0.2, 0.25) is 5.15 Å². The second kappa shape index (κ2) is 2.90. The highest BCUT2D eigenvalue weighted by Crippen LogP contribution is 2.22. The maximum atomic E-state index is 11.7. The largest absolute Gasteiger partial charge is 0.187 e. The maximum absolute atomic E-state index is 11.7. The summed E-state index contributed by atoms with van der Waals surface area (Å²) in [4.78, 5) is 0. The van der Waals surface area contributed by atoms with E-state index >= 15 is 0 Å². The van der Waals surface area contributed by atoms with Gasteiger partial charge in [0.2, 0.25) is 0 Å². The molecule has 6 heteroatoms. The summed E-state index contributed by atoms with van der Waals surface area (Å²) in [5.41, 5.74) is 0. The van der Waals surface area contributed by atoms with Crippen LogP contribution >= 0.6 is 39.9 Å². The molecule has 0 bridgehead atoms. The van der Waals surface area contributed by atoms with Crippen molar-refractivity contribution in [2.45, 2.75) is 0 Å². The van der Waals surface area contributed by atoms with Gasteiger partial charge in [-0.2, -0.15) is 4.09 Å². The summed E-state index contributed by atoms with van der Waals surface area (Å²) in [5, 5.41) is 3.82. The average molecular weight is 231 g/mol. The Bertz CT molecular complexity index is 196. The van der Waals surface area contributed by atoms with Gasteiger partial charge in [-0.1, -0.05) is 11.6 Å². The molecule has 0 aromatic carbocycles. The first-order valence-corrected chi connectivity index (χ1v) is 3.78. The Labute approximate surface area is 68.9 Å². The molecule has 1 rings (SSSR count). The highest BCUT2D eigenvalue weighted by molar-refractivity contribution is 9.10. The molecule has 1 heterocycles. The zero-order valence-electron chi connectivity index (χ0n) is 4.01. The first-order valence-electron chi connectivity index (χ1n) is 1.94. The van der Waals surface area contributed by atoms with E-state index in [1.807, 2.05) is 0 Å². The molecule has 0 aliphatic carbocycles. The highest BCUT2D eigenvalue weighted by atomic mass is 79.9. The molecule has 0 N–H and O–H groups in total. The molecule has 50 valence electrons. The molecule has 0 aliphatic heterocycles. The molecular formula is C3HBrClFN2S. The molecule has 0 unspecified atom stereocenters. The zero-order valence-corrected chi connectivity index (χ0v) is 7.17. The number of hydrogen-bond acceptors (Lipinski definition) is 2. The summed E-state index contributed by atoms with van der Waals surface area (Å²) in [6.45, 7) is 0. The fourth-order valence-corrected chi connectivity index (χ4v) is 1.19. The van der Waals surface area contributed by atoms with Crippen molar-refractivity contribution in [3.63, 3.8) is 0 Å². The van der Waals surface area contributed by atoms with E-state index in [0.29, 0.717) is 4.47 Å². The van der Waals surface area contributed by atoms with Gasteiger partial charge < -0.3 is 0 Å². The number of hydrogen-bond donors (Lipinski definition) is 0. The second-order valence-corrected chi connectivity index (χ2v) is 2.96. The molecule has 0 aliphatic rings. The Morgan fingerprint density at radius 2 is 2.56 bits per heavy atom. The third-order valence-electron chi connectivity index (χ3n) is 0.678. The van der Waals surface area contributed by atoms with Crippen LogP contribution in [0, 0.1) is 0 Å². The van der Waals surface area contributed by atoms with Gasteiger partial charge in [0.1, 0.15) is 0 Å². The second-order valence-electron chi connectivity index (χ2n) is 1.24. The topological polar surface area (TPSA) is 17.8 Å². The fourth-order valence-electron chi connectivity index (χ4n) is 0.349. The first-order chi connectivity index (χ1) is 4.24. The van der Waals surface area contributed by atoms with Gasteiger partial charge in [-0.15, -0.1) is 8.98 Å². The number of rotatable bonds is 1. The molecule has 1 aromatic rings. The summed E-state index contributed by atoms with van der Waals surface area (Å²) in [6.07, 6.45) is 1.44. The van der Waals surface area contributed by atoms with E-state index < -0.39 is 0 Å². The minimum atomic E-state index is -0.00509. The molecule has 1 aromatic heterocycles. The van der Waals surface area contributed by atoms with Crippen LogP contribution in [-0.4, -0.2) is 9.19 Å². The van der Waals surface area contributed by atoms with Crippen LogP contribution in [0.15, 0.2) is 10.7 Å². The lowest BCUT2D eigenvalue weighted by Crippen LogP contribution is -1.79. The lowest BCUT2D eigenvalue weighted by Gasteiger charge is -1.81. The van der Waals surface area contributed by atoms with Crippen molar-refractivity contribution >= 4 is 39.9 Å². The van der Waals surface area contributed by atoms with Crippen molar-refractivity contribution in [3.05, 3.63) is 15.8 Å². The lowest BCUT2D eigenvalue weighted by molar-refractivity contribution is 0.878. The van der Waals surface area contributed by atoms with E-state index in [1.165, 1.54) is 6.20 Å². The van der Waals surface area contributed by atoms with Crippen LogP contribution in [-0.2, 0) is 0 Å². The molecule has 0 radical (unpaired) electrons. The van der Waals surface area contributed by atoms with Gasteiger partial charge in [-0.05, 0) is 15.9 Å². The minimum Gasteiger partial charge on any atom is -0.182 e. The highest BCUT2D eigenvalue weighted by Gasteiger charge is 2.01. The van der Waals surface area contributed by atoms with Crippen molar-refractivity contribution in [2.24, 2.45) is 0 Å². The summed E-state index contributed by atoms with van der Waals surface area (Å²) < 4.78 is 13.3. The SMILES string of the molecule is FSn1cc(Br)c(Cl)n1. The fraction of sp³-hybridized carbons (Fsp3) is 0. The molecular weight excluding hydrogens is 230 g/mol. The monoisotopic (exact) mass is 230 g/mol. The van der Waals surface area contributed by atoms with Gasteiger partial charge in [0.15, 0.2) is 17.5 Å². The van der Waals surface area contributed by atoms with Crippen molar-refractivity contribution in [1.29, 1.82) is 0 Å². The van der Waals surface area contributed by atoms with Crippen molar-refractivity contribution < 1.29 is 3.89 Å². The van der Waals surface area contributed by atoms with Gasteiger partial charge in [0, 0.05) is 0 Å². The van der Waals surface area contributed by atoms with Crippen molar-refractivity contribution in [2.75, 3.05) is 0 Å². The van der Waals surface area contributed by atoms with Crippen LogP contribution in [0.1, 0.15) is 0 Å². The zero-order chi connectivity index (χ0) is 6.85. The molecule has 0 atom stereocenters. The Morgan fingerprint density at radius 3 is 2.78 bits per heavy atom. The van der Waals surface area contributed by atoms with E-state index in [0.717, 1.165) is 4.09 Å². The Balaban J connectivity index is 2.98. The third-order valence-corrected chi connectivity index (χ3v) is 2.09. The third kappa shape index (κ3) is 1.59. The normalized spacial score (nSPS) is 10.1. The van der Waals surface area contributed by atoms with E-state index in [2.05, 4.69) is 21.0 Å². The molecule has 0 saturated carbocycles. The van der Waals surface area contributed by atoms with Gasteiger partial charge in [0.25, 0.3) is 0 Å². The van der Waals surface area contributed by atoms with Crippen LogP contribution < -0.4 is 0 Å². The standard InChI is InChI=1S/C3HBrClFN2S/c4-2-1-8(9-6)7-3(2)5/h1H. The molecule has 0 saturated heterocycles. The van der Waals surface area contributed by atoms with Crippen molar-refractivity contribution in [1.82, 2.24) is 9.19 Å². The summed E-state index contributed by atoms with van der Waals surface area (Å²) in [5.74, 6) is 0. The maximum Gasteiger partial charge on any atom is 0.187 e. The molecule has 9 heavy (non-hydrogen) atoms. The number of aromatic nitrogens is 2. The Kier molecular flexibility index (Phi) is 2.37. The Morgan fingerprint density at radius 1 is 1.89 bits per heavy atom. The molecule has 0 fully saturated rings. The van der Waals surface area contributed by atoms with Crippen LogP contribution in [0.4, 0.5) is 3.89 Å². The van der Waals surface area contributed by atoms with Crippen LogP contribution in [0.3, 0.4) is 0 Å². The molecule has 0 amide bonds. The van der Waals surface area contributed by atoms with Gasteiger partial charge in [0.05, 0.1) is 10.7 Å².